The van der Waals surface area contributed by atoms with E-state index in [2.05, 4.69) is 16.8 Å². The van der Waals surface area contributed by atoms with Crippen molar-refractivity contribution in [3.8, 4) is 0 Å². The summed E-state index contributed by atoms with van der Waals surface area (Å²) >= 11 is 0. The molecule has 0 atom stereocenters. The summed E-state index contributed by atoms with van der Waals surface area (Å²) < 4.78 is 0. The number of aliphatic imine (C=N–C) groups is 1. The smallest absolute Gasteiger partial charge is 0.191 e. The van der Waals surface area contributed by atoms with Gasteiger partial charge in [0.15, 0.2) is 5.96 Å². The molecular formula is C13H27N3. The molecule has 3 nitrogen and oxygen atoms in total. The normalized spacial score (nSPS) is 15.6. The minimum absolute atomic E-state index is 0.753. The first-order valence-corrected chi connectivity index (χ1v) is 6.89. The quantitative estimate of drug-likeness (QED) is 0.613. The maximum Gasteiger partial charge on any atom is 0.191 e. The molecule has 1 heterocycles. The van der Waals surface area contributed by atoms with E-state index in [-0.39, 0.29) is 0 Å². The Kier molecular flexibility index (Phi) is 7.02. The molecule has 0 aromatic rings. The fraction of sp³-hybridized carbons (Fsp3) is 0.923. The van der Waals surface area contributed by atoms with Gasteiger partial charge in [0.2, 0.25) is 0 Å². The highest BCUT2D eigenvalue weighted by atomic mass is 15.3. The van der Waals surface area contributed by atoms with Gasteiger partial charge in [-0.1, -0.05) is 51.9 Å². The number of nitrogens with two attached hydrogens (primary N) is 1. The maximum atomic E-state index is 5.75. The highest BCUT2D eigenvalue weighted by Crippen LogP contribution is 2.09. The van der Waals surface area contributed by atoms with Crippen LogP contribution in [-0.4, -0.2) is 30.5 Å². The van der Waals surface area contributed by atoms with Crippen LogP contribution in [0.3, 0.4) is 0 Å². The lowest BCUT2D eigenvalue weighted by Crippen LogP contribution is -2.34. The molecule has 1 aliphatic rings. The van der Waals surface area contributed by atoms with Crippen LogP contribution in [0.25, 0.3) is 0 Å². The van der Waals surface area contributed by atoms with Crippen molar-refractivity contribution in [1.82, 2.24) is 4.90 Å². The number of unbranched alkanes of at least 4 members (excludes halogenated alkanes) is 7. The summed E-state index contributed by atoms with van der Waals surface area (Å²) in [4.78, 5) is 6.39. The Balaban J connectivity index is 1.83. The third kappa shape index (κ3) is 5.38. The molecule has 16 heavy (non-hydrogen) atoms. The standard InChI is InChI=1S/C13H27N3/c1-2-3-4-5-6-7-8-9-11-16-12-10-15-13(16)14/h2-12H2,1H3,(H2,14,15). The summed E-state index contributed by atoms with van der Waals surface area (Å²) in [6.45, 7) is 5.29. The number of hydrogen-bond acceptors (Lipinski definition) is 3. The fourth-order valence-corrected chi connectivity index (χ4v) is 2.16. The van der Waals surface area contributed by atoms with E-state index in [1.54, 1.807) is 0 Å². The highest BCUT2D eigenvalue weighted by Gasteiger charge is 2.11. The lowest BCUT2D eigenvalue weighted by atomic mass is 10.1. The van der Waals surface area contributed by atoms with Gasteiger partial charge >= 0.3 is 0 Å². The van der Waals surface area contributed by atoms with Gasteiger partial charge in [-0.3, -0.25) is 4.99 Å². The van der Waals surface area contributed by atoms with Gasteiger partial charge in [0, 0.05) is 13.1 Å². The summed E-state index contributed by atoms with van der Waals surface area (Å²) in [7, 11) is 0. The molecule has 0 fully saturated rings. The van der Waals surface area contributed by atoms with Gasteiger partial charge < -0.3 is 10.6 Å². The van der Waals surface area contributed by atoms with Gasteiger partial charge in [0.05, 0.1) is 6.54 Å². The Labute approximate surface area is 100 Å². The average molecular weight is 225 g/mol. The van der Waals surface area contributed by atoms with E-state index in [1.165, 1.54) is 51.4 Å². The van der Waals surface area contributed by atoms with Gasteiger partial charge in [0.25, 0.3) is 0 Å². The molecule has 0 amide bonds. The van der Waals surface area contributed by atoms with E-state index in [1.807, 2.05) is 0 Å². The van der Waals surface area contributed by atoms with Gasteiger partial charge in [-0.05, 0) is 6.42 Å². The summed E-state index contributed by atoms with van der Waals surface area (Å²) in [5.41, 5.74) is 5.75. The van der Waals surface area contributed by atoms with Crippen LogP contribution in [0.2, 0.25) is 0 Å². The highest BCUT2D eigenvalue weighted by molar-refractivity contribution is 5.79. The van der Waals surface area contributed by atoms with Crippen LogP contribution in [0.15, 0.2) is 4.99 Å². The number of hydrogen-bond donors (Lipinski definition) is 1. The van der Waals surface area contributed by atoms with Crippen LogP contribution in [0.1, 0.15) is 58.3 Å². The molecule has 3 heteroatoms. The Bertz CT molecular complexity index is 201. The van der Waals surface area contributed by atoms with Crippen LogP contribution in [0, 0.1) is 0 Å². The molecule has 0 bridgehead atoms. The number of rotatable bonds is 9. The Hall–Kier alpha value is -0.730. The van der Waals surface area contributed by atoms with Crippen molar-refractivity contribution < 1.29 is 0 Å². The predicted octanol–water partition coefficient (Wildman–Crippen LogP) is 2.76. The molecule has 0 spiro atoms. The van der Waals surface area contributed by atoms with E-state index >= 15 is 0 Å². The second-order valence-electron chi connectivity index (χ2n) is 4.70. The molecule has 0 radical (unpaired) electrons. The van der Waals surface area contributed by atoms with E-state index < -0.39 is 0 Å². The molecule has 0 unspecified atom stereocenters. The van der Waals surface area contributed by atoms with E-state index in [0.717, 1.165) is 25.6 Å². The van der Waals surface area contributed by atoms with Gasteiger partial charge in [0.1, 0.15) is 0 Å². The summed E-state index contributed by atoms with van der Waals surface area (Å²) in [6, 6.07) is 0. The molecule has 1 rings (SSSR count). The monoisotopic (exact) mass is 225 g/mol. The first kappa shape index (κ1) is 13.3. The summed E-state index contributed by atoms with van der Waals surface area (Å²) in [5, 5.41) is 0. The Morgan fingerprint density at radius 1 is 1.06 bits per heavy atom. The topological polar surface area (TPSA) is 41.6 Å². The number of guanidine groups is 1. The molecule has 0 aromatic heterocycles. The zero-order valence-corrected chi connectivity index (χ0v) is 10.7. The van der Waals surface area contributed by atoms with Crippen LogP contribution < -0.4 is 5.73 Å². The molecule has 0 saturated heterocycles. The van der Waals surface area contributed by atoms with Gasteiger partial charge in [-0.15, -0.1) is 0 Å². The average Bonchev–Trinajstić information content (AvgIpc) is 2.68. The number of nitrogens with zero attached hydrogens (tertiary/aromatic N) is 2. The van der Waals surface area contributed by atoms with E-state index in [0.29, 0.717) is 0 Å². The van der Waals surface area contributed by atoms with Crippen LogP contribution in [0.4, 0.5) is 0 Å². The van der Waals surface area contributed by atoms with Crippen molar-refractivity contribution in [2.45, 2.75) is 58.3 Å². The second kappa shape index (κ2) is 8.43. The van der Waals surface area contributed by atoms with E-state index in [9.17, 15) is 0 Å². The Morgan fingerprint density at radius 2 is 1.69 bits per heavy atom. The molecular weight excluding hydrogens is 198 g/mol. The fourth-order valence-electron chi connectivity index (χ4n) is 2.16. The van der Waals surface area contributed by atoms with Crippen molar-refractivity contribution >= 4 is 5.96 Å². The second-order valence-corrected chi connectivity index (χ2v) is 4.70. The maximum absolute atomic E-state index is 5.75. The molecule has 0 aliphatic carbocycles. The van der Waals surface area contributed by atoms with Crippen LogP contribution >= 0.6 is 0 Å². The molecule has 1 aliphatic heterocycles. The zero-order chi connectivity index (χ0) is 11.6. The molecule has 94 valence electrons. The molecule has 0 aromatic carbocycles. The minimum atomic E-state index is 0.753. The van der Waals surface area contributed by atoms with Gasteiger partial charge in [-0.2, -0.15) is 0 Å². The third-order valence-electron chi connectivity index (χ3n) is 3.25. The predicted molar refractivity (Wildman–Crippen MR) is 70.7 cm³/mol. The zero-order valence-electron chi connectivity index (χ0n) is 10.7. The first-order chi connectivity index (χ1) is 7.84. The third-order valence-corrected chi connectivity index (χ3v) is 3.25. The van der Waals surface area contributed by atoms with Crippen molar-refractivity contribution in [2.24, 2.45) is 10.7 Å². The lowest BCUT2D eigenvalue weighted by molar-refractivity contribution is 0.427. The van der Waals surface area contributed by atoms with E-state index in [4.69, 9.17) is 5.73 Å². The van der Waals surface area contributed by atoms with Crippen LogP contribution in [-0.2, 0) is 0 Å². The lowest BCUT2D eigenvalue weighted by Gasteiger charge is -2.16. The SMILES string of the molecule is CCCCCCCCCCN1CCN=C1N. The van der Waals surface area contributed by atoms with Crippen molar-refractivity contribution in [2.75, 3.05) is 19.6 Å². The summed E-state index contributed by atoms with van der Waals surface area (Å²) in [6.07, 6.45) is 11.0. The molecule has 2 N–H and O–H groups in total. The summed E-state index contributed by atoms with van der Waals surface area (Å²) in [5.74, 6) is 0.753. The van der Waals surface area contributed by atoms with Crippen molar-refractivity contribution in [1.29, 1.82) is 0 Å². The first-order valence-electron chi connectivity index (χ1n) is 6.89. The van der Waals surface area contributed by atoms with Crippen molar-refractivity contribution in [3.05, 3.63) is 0 Å². The largest absolute Gasteiger partial charge is 0.370 e. The van der Waals surface area contributed by atoms with Crippen LogP contribution in [0.5, 0.6) is 0 Å². The minimum Gasteiger partial charge on any atom is -0.370 e. The Morgan fingerprint density at radius 3 is 2.25 bits per heavy atom. The molecule has 0 saturated carbocycles. The van der Waals surface area contributed by atoms with Gasteiger partial charge in [-0.25, -0.2) is 0 Å². The van der Waals surface area contributed by atoms with Crippen molar-refractivity contribution in [3.63, 3.8) is 0 Å².